The molecule has 0 bridgehead atoms. The van der Waals surface area contributed by atoms with E-state index in [1.807, 2.05) is 11.1 Å². The summed E-state index contributed by atoms with van der Waals surface area (Å²) in [6, 6.07) is 0.196. The molecule has 1 aliphatic carbocycles. The lowest BCUT2D eigenvalue weighted by atomic mass is 10.0. The Balaban J connectivity index is 1.64. The zero-order valence-corrected chi connectivity index (χ0v) is 12.7. The van der Waals surface area contributed by atoms with Crippen LogP contribution in [0.25, 0.3) is 0 Å². The van der Waals surface area contributed by atoms with Crippen LogP contribution in [0.15, 0.2) is 24.5 Å². The third-order valence-electron chi connectivity index (χ3n) is 4.63. The van der Waals surface area contributed by atoms with Crippen molar-refractivity contribution in [3.05, 3.63) is 30.4 Å². The highest BCUT2D eigenvalue weighted by Gasteiger charge is 2.31. The molecule has 1 saturated heterocycles. The van der Waals surface area contributed by atoms with E-state index in [-0.39, 0.29) is 6.04 Å². The predicted octanol–water partition coefficient (Wildman–Crippen LogP) is 1.97. The lowest BCUT2D eigenvalue weighted by molar-refractivity contribution is -0.135. The van der Waals surface area contributed by atoms with Gasteiger partial charge in [-0.1, -0.05) is 19.1 Å². The van der Waals surface area contributed by atoms with Crippen molar-refractivity contribution >= 4 is 5.91 Å². The molecule has 1 aromatic heterocycles. The number of allylic oxidation sites excluding steroid dienone is 2. The van der Waals surface area contributed by atoms with Crippen molar-refractivity contribution in [3.8, 4) is 0 Å². The van der Waals surface area contributed by atoms with Crippen molar-refractivity contribution in [2.75, 3.05) is 26.2 Å². The first-order valence-corrected chi connectivity index (χ1v) is 7.95. The monoisotopic (exact) mass is 288 g/mol. The number of carbonyl (C=O) groups is 1. The summed E-state index contributed by atoms with van der Waals surface area (Å²) in [6.45, 7) is 5.65. The molecule has 3 rings (SSSR count). The molecule has 5 nitrogen and oxygen atoms in total. The second-order valence-corrected chi connectivity index (χ2v) is 5.93. The van der Waals surface area contributed by atoms with E-state index < -0.39 is 0 Å². The topological polar surface area (TPSA) is 52.2 Å². The van der Waals surface area contributed by atoms with Gasteiger partial charge in [-0.2, -0.15) is 0 Å². The van der Waals surface area contributed by atoms with Crippen LogP contribution in [0.2, 0.25) is 0 Å². The molecule has 5 heteroatoms. The van der Waals surface area contributed by atoms with Crippen LogP contribution in [-0.4, -0.2) is 51.9 Å². The summed E-state index contributed by atoms with van der Waals surface area (Å²) in [5, 5.41) is 0. The van der Waals surface area contributed by atoms with Gasteiger partial charge in [0.15, 0.2) is 0 Å². The highest BCUT2D eigenvalue weighted by Crippen LogP contribution is 2.25. The van der Waals surface area contributed by atoms with E-state index in [1.165, 1.54) is 0 Å². The molecular formula is C16H24N4O. The summed E-state index contributed by atoms with van der Waals surface area (Å²) in [6.07, 6.45) is 10.9. The molecule has 1 aromatic rings. The summed E-state index contributed by atoms with van der Waals surface area (Å²) in [5.41, 5.74) is 0. The van der Waals surface area contributed by atoms with Crippen molar-refractivity contribution in [1.82, 2.24) is 19.8 Å². The smallest absolute Gasteiger partial charge is 0.223 e. The Kier molecular flexibility index (Phi) is 4.39. The van der Waals surface area contributed by atoms with Crippen molar-refractivity contribution in [2.24, 2.45) is 5.92 Å². The molecule has 21 heavy (non-hydrogen) atoms. The van der Waals surface area contributed by atoms with Crippen molar-refractivity contribution in [1.29, 1.82) is 0 Å². The number of nitrogens with zero attached hydrogens (tertiary/aromatic N) is 3. The Morgan fingerprint density at radius 1 is 1.48 bits per heavy atom. The van der Waals surface area contributed by atoms with Gasteiger partial charge in [0, 0.05) is 38.4 Å². The van der Waals surface area contributed by atoms with E-state index in [4.69, 9.17) is 0 Å². The van der Waals surface area contributed by atoms with E-state index >= 15 is 0 Å². The van der Waals surface area contributed by atoms with Gasteiger partial charge < -0.3 is 9.88 Å². The van der Waals surface area contributed by atoms with Crippen LogP contribution >= 0.6 is 0 Å². The van der Waals surface area contributed by atoms with E-state index in [2.05, 4.69) is 33.9 Å². The van der Waals surface area contributed by atoms with Crippen LogP contribution in [0, 0.1) is 5.92 Å². The maximum Gasteiger partial charge on any atom is 0.223 e. The lowest BCUT2D eigenvalue weighted by Gasteiger charge is -2.40. The van der Waals surface area contributed by atoms with Gasteiger partial charge in [0.25, 0.3) is 0 Å². The van der Waals surface area contributed by atoms with Crippen LogP contribution < -0.4 is 0 Å². The summed E-state index contributed by atoms with van der Waals surface area (Å²) in [4.78, 5) is 24.5. The third kappa shape index (κ3) is 3.18. The molecular weight excluding hydrogens is 264 g/mol. The van der Waals surface area contributed by atoms with Crippen LogP contribution in [0.1, 0.15) is 38.1 Å². The molecule has 2 heterocycles. The zero-order valence-electron chi connectivity index (χ0n) is 12.7. The number of likely N-dealkylation sites (N-methyl/N-ethyl adjacent to an activating group) is 1. The highest BCUT2D eigenvalue weighted by atomic mass is 16.2. The van der Waals surface area contributed by atoms with E-state index in [9.17, 15) is 4.79 Å². The second kappa shape index (κ2) is 6.43. The summed E-state index contributed by atoms with van der Waals surface area (Å²) < 4.78 is 0. The van der Waals surface area contributed by atoms with Gasteiger partial charge in [0.05, 0.1) is 6.04 Å². The molecule has 1 amide bonds. The maximum absolute atomic E-state index is 12.5. The molecule has 0 spiro atoms. The van der Waals surface area contributed by atoms with Gasteiger partial charge in [0.1, 0.15) is 5.82 Å². The molecule has 114 valence electrons. The number of rotatable bonds is 4. The number of hydrogen-bond acceptors (Lipinski definition) is 3. The molecule has 0 radical (unpaired) electrons. The summed E-state index contributed by atoms with van der Waals surface area (Å²) >= 11 is 0. The number of imidazole rings is 1. The number of amides is 1. The Morgan fingerprint density at radius 3 is 3.05 bits per heavy atom. The Bertz CT molecular complexity index is 496. The van der Waals surface area contributed by atoms with Gasteiger partial charge in [-0.05, 0) is 25.3 Å². The van der Waals surface area contributed by atoms with Gasteiger partial charge in [-0.3, -0.25) is 9.69 Å². The quantitative estimate of drug-likeness (QED) is 0.862. The molecule has 1 aliphatic heterocycles. The largest absolute Gasteiger partial charge is 0.347 e. The minimum atomic E-state index is 0.196. The van der Waals surface area contributed by atoms with Crippen molar-refractivity contribution in [2.45, 2.75) is 32.2 Å². The average Bonchev–Trinajstić information content (AvgIpc) is 3.19. The number of piperazine rings is 1. The van der Waals surface area contributed by atoms with Crippen LogP contribution in [0.4, 0.5) is 0 Å². The number of nitrogens with one attached hydrogen (secondary N) is 1. The zero-order chi connectivity index (χ0) is 14.7. The van der Waals surface area contributed by atoms with Gasteiger partial charge >= 0.3 is 0 Å². The van der Waals surface area contributed by atoms with Gasteiger partial charge in [-0.25, -0.2) is 4.98 Å². The van der Waals surface area contributed by atoms with Gasteiger partial charge in [0.2, 0.25) is 5.91 Å². The molecule has 1 N–H and O–H groups in total. The minimum absolute atomic E-state index is 0.196. The molecule has 0 unspecified atom stereocenters. The maximum atomic E-state index is 12.5. The standard InChI is InChI=1S/C16H24N4O/c1-2-19-9-10-20(12-14(19)16-17-7-8-18-16)15(21)11-13-5-3-4-6-13/h3,5,7-8,13-14H,2,4,6,9-12H2,1H3,(H,17,18)/t13-,14-/m0/s1. The molecule has 0 aromatic carbocycles. The lowest BCUT2D eigenvalue weighted by Crippen LogP contribution is -2.50. The van der Waals surface area contributed by atoms with Gasteiger partial charge in [-0.15, -0.1) is 0 Å². The minimum Gasteiger partial charge on any atom is -0.347 e. The van der Waals surface area contributed by atoms with E-state index in [0.29, 0.717) is 18.2 Å². The first-order valence-electron chi connectivity index (χ1n) is 7.95. The fourth-order valence-electron chi connectivity index (χ4n) is 3.36. The summed E-state index contributed by atoms with van der Waals surface area (Å²) in [7, 11) is 0. The predicted molar refractivity (Wildman–Crippen MR) is 81.6 cm³/mol. The fourth-order valence-corrected chi connectivity index (χ4v) is 3.36. The first-order chi connectivity index (χ1) is 10.3. The van der Waals surface area contributed by atoms with Crippen molar-refractivity contribution < 1.29 is 4.79 Å². The Labute approximate surface area is 126 Å². The number of aromatic amines is 1. The molecule has 0 saturated carbocycles. The third-order valence-corrected chi connectivity index (χ3v) is 4.63. The average molecular weight is 288 g/mol. The summed E-state index contributed by atoms with van der Waals surface area (Å²) in [5.74, 6) is 1.71. The number of H-pyrrole nitrogens is 1. The Hall–Kier alpha value is -1.62. The molecule has 1 fully saturated rings. The number of hydrogen-bond donors (Lipinski definition) is 1. The molecule has 2 aliphatic rings. The van der Waals surface area contributed by atoms with Crippen LogP contribution in [0.3, 0.4) is 0 Å². The Morgan fingerprint density at radius 2 is 2.38 bits per heavy atom. The molecule has 2 atom stereocenters. The fraction of sp³-hybridized carbons (Fsp3) is 0.625. The second-order valence-electron chi connectivity index (χ2n) is 5.93. The van der Waals surface area contributed by atoms with Crippen molar-refractivity contribution in [3.63, 3.8) is 0 Å². The van der Waals surface area contributed by atoms with Crippen LogP contribution in [-0.2, 0) is 4.79 Å². The van der Waals surface area contributed by atoms with E-state index in [1.54, 1.807) is 6.20 Å². The highest BCUT2D eigenvalue weighted by molar-refractivity contribution is 5.77. The SMILES string of the molecule is CCN1CCN(C(=O)C[C@H]2C=CCC2)C[C@H]1c1ncc[nH]1. The number of aromatic nitrogens is 2. The van der Waals surface area contributed by atoms with E-state index in [0.717, 1.165) is 44.8 Å². The van der Waals surface area contributed by atoms with Crippen LogP contribution in [0.5, 0.6) is 0 Å². The first kappa shape index (κ1) is 14.3. The normalized spacial score (nSPS) is 26.4. The number of carbonyl (C=O) groups excluding carboxylic acids is 1.